The Kier molecular flexibility index (Phi) is 8.26. The molecule has 0 aromatic carbocycles. The third-order valence-electron chi connectivity index (χ3n) is 2.78. The van der Waals surface area contributed by atoms with Gasteiger partial charge in [0.15, 0.2) is 0 Å². The first-order valence-electron chi connectivity index (χ1n) is 6.34. The van der Waals surface area contributed by atoms with Gasteiger partial charge in [-0.3, -0.25) is 4.79 Å². The number of rotatable bonds is 9. The number of aliphatic hydroxyl groups excluding tert-OH is 1. The van der Waals surface area contributed by atoms with E-state index in [1.165, 1.54) is 0 Å². The van der Waals surface area contributed by atoms with Gasteiger partial charge in [0.05, 0.1) is 0 Å². The molecule has 0 aliphatic heterocycles. The van der Waals surface area contributed by atoms with E-state index in [9.17, 15) is 4.79 Å². The molecule has 3 nitrogen and oxygen atoms in total. The van der Waals surface area contributed by atoms with Crippen LogP contribution in [-0.2, 0) is 9.53 Å². The number of ether oxygens (including phenoxy) is 1. The van der Waals surface area contributed by atoms with E-state index >= 15 is 0 Å². The predicted octanol–water partition coefficient (Wildman–Crippen LogP) is 3.05. The van der Waals surface area contributed by atoms with Crippen LogP contribution in [0.3, 0.4) is 0 Å². The molecule has 0 atom stereocenters. The molecule has 0 saturated heterocycles. The molecule has 0 aliphatic rings. The fourth-order valence-corrected chi connectivity index (χ4v) is 1.34. The number of hydrogen-bond acceptors (Lipinski definition) is 3. The molecule has 0 aromatic rings. The van der Waals surface area contributed by atoms with Crippen molar-refractivity contribution >= 4 is 5.97 Å². The van der Waals surface area contributed by atoms with Gasteiger partial charge in [-0.25, -0.2) is 0 Å². The number of unbranched alkanes of at least 4 members (excludes halogenated alkanes) is 4. The third kappa shape index (κ3) is 8.72. The fraction of sp³-hybridized carbons (Fsp3) is 0.923. The summed E-state index contributed by atoms with van der Waals surface area (Å²) in [6.45, 7) is 6.16. The standard InChI is InChI=1S/C13H26O3/c1-4-13(2,3)16-12(15)10-8-6-5-7-9-11-14/h14H,4-11H2,1-3H3. The molecule has 0 spiro atoms. The molecule has 96 valence electrons. The Morgan fingerprint density at radius 1 is 1.12 bits per heavy atom. The smallest absolute Gasteiger partial charge is 0.306 e. The summed E-state index contributed by atoms with van der Waals surface area (Å²) >= 11 is 0. The van der Waals surface area contributed by atoms with E-state index in [2.05, 4.69) is 0 Å². The molecule has 0 bridgehead atoms. The van der Waals surface area contributed by atoms with Gasteiger partial charge in [0, 0.05) is 13.0 Å². The first-order chi connectivity index (χ1) is 7.52. The Morgan fingerprint density at radius 2 is 1.69 bits per heavy atom. The van der Waals surface area contributed by atoms with Gasteiger partial charge in [0.25, 0.3) is 0 Å². The van der Waals surface area contributed by atoms with Crippen LogP contribution in [0.4, 0.5) is 0 Å². The summed E-state index contributed by atoms with van der Waals surface area (Å²) in [5.74, 6) is -0.0889. The molecule has 0 amide bonds. The molecule has 0 heterocycles. The Balaban J connectivity index is 3.44. The fourth-order valence-electron chi connectivity index (χ4n) is 1.34. The molecular weight excluding hydrogens is 204 g/mol. The van der Waals surface area contributed by atoms with Crippen molar-refractivity contribution in [2.45, 2.75) is 71.3 Å². The molecule has 0 radical (unpaired) electrons. The zero-order valence-corrected chi connectivity index (χ0v) is 10.9. The Labute approximate surface area is 99.2 Å². The van der Waals surface area contributed by atoms with E-state index < -0.39 is 0 Å². The van der Waals surface area contributed by atoms with Crippen molar-refractivity contribution in [3.05, 3.63) is 0 Å². The zero-order chi connectivity index (χ0) is 12.4. The summed E-state index contributed by atoms with van der Waals surface area (Å²) in [6.07, 6.45) is 6.30. The second kappa shape index (κ2) is 8.57. The van der Waals surface area contributed by atoms with Gasteiger partial charge in [-0.05, 0) is 33.1 Å². The van der Waals surface area contributed by atoms with E-state index in [1.54, 1.807) is 0 Å². The molecule has 0 aromatic heterocycles. The van der Waals surface area contributed by atoms with Crippen molar-refractivity contribution in [1.82, 2.24) is 0 Å². The van der Waals surface area contributed by atoms with Crippen molar-refractivity contribution in [2.24, 2.45) is 0 Å². The summed E-state index contributed by atoms with van der Waals surface area (Å²) in [5, 5.41) is 8.59. The minimum atomic E-state index is -0.325. The Hall–Kier alpha value is -0.570. The monoisotopic (exact) mass is 230 g/mol. The lowest BCUT2D eigenvalue weighted by atomic mass is 10.1. The summed E-state index contributed by atoms with van der Waals surface area (Å²) < 4.78 is 5.34. The molecule has 16 heavy (non-hydrogen) atoms. The van der Waals surface area contributed by atoms with E-state index in [1.807, 2.05) is 20.8 Å². The van der Waals surface area contributed by atoms with Crippen LogP contribution in [0.15, 0.2) is 0 Å². The Morgan fingerprint density at radius 3 is 2.25 bits per heavy atom. The average Bonchev–Trinajstić information content (AvgIpc) is 2.22. The normalized spacial score (nSPS) is 11.5. The summed E-state index contributed by atoms with van der Waals surface area (Å²) in [4.78, 5) is 11.4. The summed E-state index contributed by atoms with van der Waals surface area (Å²) in [6, 6.07) is 0. The number of carbonyl (C=O) groups excluding carboxylic acids is 1. The average molecular weight is 230 g/mol. The molecule has 0 aliphatic carbocycles. The van der Waals surface area contributed by atoms with Crippen LogP contribution in [0.2, 0.25) is 0 Å². The van der Waals surface area contributed by atoms with Crippen LogP contribution in [0, 0.1) is 0 Å². The van der Waals surface area contributed by atoms with Crippen molar-refractivity contribution in [2.75, 3.05) is 6.61 Å². The number of aliphatic hydroxyl groups is 1. The van der Waals surface area contributed by atoms with Crippen molar-refractivity contribution in [3.63, 3.8) is 0 Å². The lowest BCUT2D eigenvalue weighted by Gasteiger charge is -2.23. The highest BCUT2D eigenvalue weighted by molar-refractivity contribution is 5.69. The van der Waals surface area contributed by atoms with Gasteiger partial charge < -0.3 is 9.84 Å². The topological polar surface area (TPSA) is 46.5 Å². The largest absolute Gasteiger partial charge is 0.460 e. The zero-order valence-electron chi connectivity index (χ0n) is 10.9. The maximum absolute atomic E-state index is 11.4. The highest BCUT2D eigenvalue weighted by atomic mass is 16.6. The van der Waals surface area contributed by atoms with Crippen LogP contribution >= 0.6 is 0 Å². The van der Waals surface area contributed by atoms with Gasteiger partial charge in [-0.2, -0.15) is 0 Å². The second-order valence-corrected chi connectivity index (χ2v) is 4.83. The van der Waals surface area contributed by atoms with Crippen molar-refractivity contribution in [3.8, 4) is 0 Å². The maximum atomic E-state index is 11.4. The molecule has 0 saturated carbocycles. The third-order valence-corrected chi connectivity index (χ3v) is 2.78. The van der Waals surface area contributed by atoms with Crippen molar-refractivity contribution in [1.29, 1.82) is 0 Å². The van der Waals surface area contributed by atoms with Crippen LogP contribution in [0.5, 0.6) is 0 Å². The van der Waals surface area contributed by atoms with Crippen LogP contribution in [0.1, 0.15) is 65.7 Å². The maximum Gasteiger partial charge on any atom is 0.306 e. The van der Waals surface area contributed by atoms with Gasteiger partial charge in [-0.15, -0.1) is 0 Å². The number of carbonyl (C=O) groups is 1. The first kappa shape index (κ1) is 15.4. The SMILES string of the molecule is CCC(C)(C)OC(=O)CCCCCCCO. The van der Waals surface area contributed by atoms with Gasteiger partial charge in [-0.1, -0.05) is 26.2 Å². The van der Waals surface area contributed by atoms with E-state index in [0.717, 1.165) is 38.5 Å². The quantitative estimate of drug-likeness (QED) is 0.489. The van der Waals surface area contributed by atoms with Crippen LogP contribution in [-0.4, -0.2) is 23.3 Å². The number of hydrogen-bond donors (Lipinski definition) is 1. The van der Waals surface area contributed by atoms with E-state index in [0.29, 0.717) is 6.42 Å². The van der Waals surface area contributed by atoms with Gasteiger partial charge in [0.2, 0.25) is 0 Å². The Bertz CT molecular complexity index is 188. The predicted molar refractivity (Wildman–Crippen MR) is 65.2 cm³/mol. The molecular formula is C13H26O3. The highest BCUT2D eigenvalue weighted by Gasteiger charge is 2.19. The van der Waals surface area contributed by atoms with Crippen LogP contribution in [0.25, 0.3) is 0 Å². The van der Waals surface area contributed by atoms with Gasteiger partial charge >= 0.3 is 5.97 Å². The second-order valence-electron chi connectivity index (χ2n) is 4.83. The molecule has 3 heteroatoms. The lowest BCUT2D eigenvalue weighted by Crippen LogP contribution is -2.26. The minimum Gasteiger partial charge on any atom is -0.460 e. The summed E-state index contributed by atoms with van der Waals surface area (Å²) in [5.41, 5.74) is -0.325. The van der Waals surface area contributed by atoms with Crippen LogP contribution < -0.4 is 0 Å². The number of esters is 1. The molecule has 1 N–H and O–H groups in total. The van der Waals surface area contributed by atoms with E-state index in [4.69, 9.17) is 9.84 Å². The van der Waals surface area contributed by atoms with E-state index in [-0.39, 0.29) is 18.2 Å². The highest BCUT2D eigenvalue weighted by Crippen LogP contribution is 2.15. The summed E-state index contributed by atoms with van der Waals surface area (Å²) in [7, 11) is 0. The minimum absolute atomic E-state index is 0.0889. The lowest BCUT2D eigenvalue weighted by molar-refractivity contribution is -0.156. The van der Waals surface area contributed by atoms with Crippen molar-refractivity contribution < 1.29 is 14.6 Å². The molecule has 0 unspecified atom stereocenters. The first-order valence-corrected chi connectivity index (χ1v) is 6.34. The molecule has 0 fully saturated rings. The molecule has 0 rings (SSSR count). The van der Waals surface area contributed by atoms with Gasteiger partial charge in [0.1, 0.15) is 5.60 Å².